The minimum atomic E-state index is -5.08. The number of rotatable bonds is 5. The van der Waals surface area contributed by atoms with Gasteiger partial charge in [-0.15, -0.1) is 0 Å². The smallest absolute Gasteiger partial charge is 0.479 e. The van der Waals surface area contributed by atoms with Crippen LogP contribution in [-0.4, -0.2) is 52.4 Å². The fourth-order valence-electron chi connectivity index (χ4n) is 3.01. The van der Waals surface area contributed by atoms with E-state index < -0.39 is 24.2 Å². The van der Waals surface area contributed by atoms with Gasteiger partial charge >= 0.3 is 18.1 Å². The Balaban J connectivity index is 0.000000370. The molecule has 1 fully saturated rings. The number of halogens is 3. The molecule has 3 rings (SSSR count). The summed E-state index contributed by atoms with van der Waals surface area (Å²) >= 11 is 0. The van der Waals surface area contributed by atoms with Crippen LogP contribution in [0.25, 0.3) is 0 Å². The molecule has 2 aliphatic rings. The maximum absolute atomic E-state index is 10.8. The van der Waals surface area contributed by atoms with E-state index in [9.17, 15) is 18.0 Å². The quantitative estimate of drug-likeness (QED) is 0.713. The summed E-state index contributed by atoms with van der Waals surface area (Å²) in [5.74, 6) is -3.10. The van der Waals surface area contributed by atoms with Crippen molar-refractivity contribution in [1.29, 1.82) is 0 Å². The molecular formula is C20H24F3NO5. The van der Waals surface area contributed by atoms with Gasteiger partial charge in [0.05, 0.1) is 0 Å². The first-order valence-corrected chi connectivity index (χ1v) is 9.17. The average Bonchev–Trinajstić information content (AvgIpc) is 3.42. The molecule has 6 nitrogen and oxygen atoms in total. The standard InChI is InChI=1S/C18H23NO3.C2HF3O2/c1-14(17(20)21)22-16-6-4-15(5-7-16)12-19-11-3-2-8-18(13-19)9-10-18;3-2(4,5)1(6)7/h2-7,14H,8-13H2,1H3,(H,20,21);(H,6,7). The van der Waals surface area contributed by atoms with Crippen LogP contribution in [0.5, 0.6) is 5.75 Å². The lowest BCUT2D eigenvalue weighted by molar-refractivity contribution is -0.192. The molecule has 1 aromatic carbocycles. The summed E-state index contributed by atoms with van der Waals surface area (Å²) in [5.41, 5.74) is 1.79. The number of alkyl halides is 3. The van der Waals surface area contributed by atoms with E-state index in [4.69, 9.17) is 19.7 Å². The lowest BCUT2D eigenvalue weighted by Crippen LogP contribution is -2.28. The first kappa shape index (κ1) is 22.7. The molecule has 1 unspecified atom stereocenters. The van der Waals surface area contributed by atoms with E-state index in [1.54, 1.807) is 0 Å². The van der Waals surface area contributed by atoms with Gasteiger partial charge in [-0.1, -0.05) is 24.3 Å². The normalized spacial score (nSPS) is 18.9. The van der Waals surface area contributed by atoms with Crippen molar-refractivity contribution in [3.63, 3.8) is 0 Å². The Morgan fingerprint density at radius 1 is 1.17 bits per heavy atom. The van der Waals surface area contributed by atoms with E-state index >= 15 is 0 Å². The largest absolute Gasteiger partial charge is 0.490 e. The zero-order chi connectivity index (χ0) is 21.7. The highest BCUT2D eigenvalue weighted by Crippen LogP contribution is 2.50. The Morgan fingerprint density at radius 3 is 2.24 bits per heavy atom. The predicted octanol–water partition coefficient (Wildman–Crippen LogP) is 3.71. The topological polar surface area (TPSA) is 87.1 Å². The fraction of sp³-hybridized carbons (Fsp3) is 0.500. The van der Waals surface area contributed by atoms with Crippen LogP contribution in [0.1, 0.15) is 31.7 Å². The number of hydrogen-bond donors (Lipinski definition) is 2. The van der Waals surface area contributed by atoms with Gasteiger partial charge in [-0.3, -0.25) is 4.90 Å². The zero-order valence-corrected chi connectivity index (χ0v) is 16.0. The Kier molecular flexibility index (Phi) is 7.29. The number of carboxylic acid groups (broad SMARTS) is 2. The van der Waals surface area contributed by atoms with Gasteiger partial charge in [0.25, 0.3) is 0 Å². The van der Waals surface area contributed by atoms with Crippen LogP contribution < -0.4 is 4.74 Å². The van der Waals surface area contributed by atoms with Crippen molar-refractivity contribution in [3.05, 3.63) is 42.0 Å². The number of hydrogen-bond acceptors (Lipinski definition) is 4. The molecule has 9 heteroatoms. The van der Waals surface area contributed by atoms with Crippen LogP contribution in [0.3, 0.4) is 0 Å². The minimum Gasteiger partial charge on any atom is -0.479 e. The number of allylic oxidation sites excluding steroid dienone is 1. The van der Waals surface area contributed by atoms with Crippen molar-refractivity contribution >= 4 is 11.9 Å². The monoisotopic (exact) mass is 415 g/mol. The molecule has 1 aromatic rings. The summed E-state index contributed by atoms with van der Waals surface area (Å²) in [5, 5.41) is 16.0. The summed E-state index contributed by atoms with van der Waals surface area (Å²) in [7, 11) is 0. The van der Waals surface area contributed by atoms with Gasteiger partial charge in [0.1, 0.15) is 5.75 Å². The van der Waals surface area contributed by atoms with Crippen LogP contribution in [0.4, 0.5) is 13.2 Å². The van der Waals surface area contributed by atoms with E-state index in [2.05, 4.69) is 17.1 Å². The highest BCUT2D eigenvalue weighted by atomic mass is 19.4. The van der Waals surface area contributed by atoms with Crippen molar-refractivity contribution in [1.82, 2.24) is 4.90 Å². The van der Waals surface area contributed by atoms with E-state index in [-0.39, 0.29) is 0 Å². The summed E-state index contributed by atoms with van der Waals surface area (Å²) in [4.78, 5) is 22.2. The van der Waals surface area contributed by atoms with Crippen molar-refractivity contribution in [3.8, 4) is 5.75 Å². The van der Waals surface area contributed by atoms with E-state index in [1.165, 1.54) is 38.3 Å². The van der Waals surface area contributed by atoms with Crippen LogP contribution in [0.2, 0.25) is 0 Å². The molecule has 1 aliphatic carbocycles. The molecule has 1 spiro atoms. The molecule has 0 radical (unpaired) electrons. The molecule has 0 bridgehead atoms. The molecule has 0 saturated heterocycles. The van der Waals surface area contributed by atoms with Gasteiger partial charge in [-0.25, -0.2) is 9.59 Å². The maximum Gasteiger partial charge on any atom is 0.490 e. The first-order valence-electron chi connectivity index (χ1n) is 9.17. The molecule has 0 amide bonds. The Labute approximate surface area is 166 Å². The first-order chi connectivity index (χ1) is 13.5. The fourth-order valence-corrected chi connectivity index (χ4v) is 3.01. The van der Waals surface area contributed by atoms with Crippen molar-refractivity contribution in [2.24, 2.45) is 5.41 Å². The minimum absolute atomic E-state index is 0.549. The Bertz CT molecular complexity index is 741. The summed E-state index contributed by atoms with van der Waals surface area (Å²) < 4.78 is 37.1. The van der Waals surface area contributed by atoms with Crippen molar-refractivity contribution < 1.29 is 37.7 Å². The lowest BCUT2D eigenvalue weighted by Gasteiger charge is -2.24. The number of carboxylic acids is 2. The van der Waals surface area contributed by atoms with Crippen LogP contribution in [0, 0.1) is 5.41 Å². The highest BCUT2D eigenvalue weighted by Gasteiger charge is 2.43. The number of carbonyl (C=O) groups is 2. The molecule has 1 saturated carbocycles. The number of nitrogens with zero attached hydrogens (tertiary/aromatic N) is 1. The van der Waals surface area contributed by atoms with Crippen molar-refractivity contribution in [2.45, 2.75) is 45.0 Å². The summed E-state index contributed by atoms with van der Waals surface area (Å²) in [6.45, 7) is 4.65. The molecule has 29 heavy (non-hydrogen) atoms. The third-order valence-electron chi connectivity index (χ3n) is 4.83. The van der Waals surface area contributed by atoms with Gasteiger partial charge in [0.2, 0.25) is 0 Å². The molecule has 1 heterocycles. The van der Waals surface area contributed by atoms with E-state index in [0.717, 1.165) is 13.1 Å². The number of ether oxygens (including phenoxy) is 1. The Hall–Kier alpha value is -2.55. The van der Waals surface area contributed by atoms with Gasteiger partial charge in [-0.05, 0) is 49.3 Å². The van der Waals surface area contributed by atoms with Crippen LogP contribution in [-0.2, 0) is 16.1 Å². The zero-order valence-electron chi connectivity index (χ0n) is 16.0. The predicted molar refractivity (Wildman–Crippen MR) is 98.6 cm³/mol. The third-order valence-corrected chi connectivity index (χ3v) is 4.83. The van der Waals surface area contributed by atoms with Gasteiger partial charge in [0.15, 0.2) is 6.10 Å². The average molecular weight is 415 g/mol. The van der Waals surface area contributed by atoms with Gasteiger partial charge in [-0.2, -0.15) is 13.2 Å². The lowest BCUT2D eigenvalue weighted by atomic mass is 10.0. The highest BCUT2D eigenvalue weighted by molar-refractivity contribution is 5.73. The van der Waals surface area contributed by atoms with Gasteiger partial charge in [0, 0.05) is 19.6 Å². The van der Waals surface area contributed by atoms with Crippen molar-refractivity contribution in [2.75, 3.05) is 13.1 Å². The Morgan fingerprint density at radius 2 is 1.76 bits per heavy atom. The second-order valence-electron chi connectivity index (χ2n) is 7.39. The second kappa shape index (κ2) is 9.30. The van der Waals surface area contributed by atoms with E-state index in [1.807, 2.05) is 24.3 Å². The number of benzene rings is 1. The molecular weight excluding hydrogens is 391 g/mol. The molecule has 2 N–H and O–H groups in total. The maximum atomic E-state index is 10.8. The molecule has 1 atom stereocenters. The third kappa shape index (κ3) is 7.41. The van der Waals surface area contributed by atoms with Crippen LogP contribution in [0.15, 0.2) is 36.4 Å². The van der Waals surface area contributed by atoms with E-state index in [0.29, 0.717) is 11.2 Å². The molecule has 0 aromatic heterocycles. The SMILES string of the molecule is CC(Oc1ccc(CN2CC=CCC3(CC3)C2)cc1)C(=O)O.O=C(O)C(F)(F)F. The summed E-state index contributed by atoms with van der Waals surface area (Å²) in [6, 6.07) is 7.76. The molecule has 160 valence electrons. The molecule has 1 aliphatic heterocycles. The van der Waals surface area contributed by atoms with Gasteiger partial charge < -0.3 is 14.9 Å². The summed E-state index contributed by atoms with van der Waals surface area (Å²) in [6.07, 6.45) is 2.64. The number of aliphatic carboxylic acids is 2. The second-order valence-corrected chi connectivity index (χ2v) is 7.39. The van der Waals surface area contributed by atoms with Crippen LogP contribution >= 0.6 is 0 Å².